The zero-order valence-electron chi connectivity index (χ0n) is 11.2. The van der Waals surface area contributed by atoms with Crippen molar-refractivity contribution in [3.8, 4) is 0 Å². The maximum atomic E-state index is 11.5. The minimum absolute atomic E-state index is 0.167. The molecule has 106 valence electrons. The molecule has 0 fully saturated rings. The highest BCUT2D eigenvalue weighted by molar-refractivity contribution is 6.30. The molecule has 0 saturated carbocycles. The number of nitrogens with zero attached hydrogens (tertiary/aromatic N) is 3. The molecular formula is C13H16ClN5O. The van der Waals surface area contributed by atoms with Crippen molar-refractivity contribution in [1.29, 1.82) is 0 Å². The van der Waals surface area contributed by atoms with Crippen LogP contribution in [-0.4, -0.2) is 36.8 Å². The Morgan fingerprint density at radius 1 is 1.20 bits per heavy atom. The highest BCUT2D eigenvalue weighted by Gasteiger charge is 1.99. The number of nitrogens with two attached hydrogens (primary N) is 2. The second-order valence-corrected chi connectivity index (χ2v) is 4.49. The van der Waals surface area contributed by atoms with E-state index < -0.39 is 5.91 Å². The summed E-state index contributed by atoms with van der Waals surface area (Å²) >= 11 is 5.76. The summed E-state index contributed by atoms with van der Waals surface area (Å²) in [7, 11) is 3.41. The lowest BCUT2D eigenvalue weighted by molar-refractivity contribution is -0.113. The number of hydrogen-bond acceptors (Lipinski definition) is 1. The van der Waals surface area contributed by atoms with Gasteiger partial charge in [-0.15, -0.1) is 0 Å². The topological polar surface area (TPSA) is 97.1 Å². The molecule has 4 N–H and O–H groups in total. The van der Waals surface area contributed by atoms with Gasteiger partial charge in [0.25, 0.3) is 5.91 Å². The normalized spacial score (nSPS) is 12.8. The average molecular weight is 294 g/mol. The Morgan fingerprint density at radius 2 is 1.80 bits per heavy atom. The zero-order valence-corrected chi connectivity index (χ0v) is 12.0. The van der Waals surface area contributed by atoms with E-state index in [1.165, 1.54) is 6.08 Å². The van der Waals surface area contributed by atoms with Gasteiger partial charge in [-0.2, -0.15) is 9.98 Å². The van der Waals surface area contributed by atoms with Crippen molar-refractivity contribution in [3.63, 3.8) is 0 Å². The van der Waals surface area contributed by atoms with E-state index in [0.717, 1.165) is 5.56 Å². The van der Waals surface area contributed by atoms with Crippen LogP contribution in [0.4, 0.5) is 0 Å². The monoisotopic (exact) mass is 293 g/mol. The number of amides is 1. The first-order valence-electron chi connectivity index (χ1n) is 5.71. The zero-order chi connectivity index (χ0) is 15.1. The number of carbonyl (C=O) groups is 1. The summed E-state index contributed by atoms with van der Waals surface area (Å²) in [5.41, 5.74) is 11.9. The second kappa shape index (κ2) is 7.30. The second-order valence-electron chi connectivity index (χ2n) is 4.06. The van der Waals surface area contributed by atoms with E-state index in [0.29, 0.717) is 5.02 Å². The SMILES string of the molecule is CN(C)/C(N)=N/C(N)=NC(=O)/C=C/c1ccc(Cl)cc1. The molecule has 0 saturated heterocycles. The van der Waals surface area contributed by atoms with Gasteiger partial charge in [0.15, 0.2) is 5.96 Å². The van der Waals surface area contributed by atoms with Crippen LogP contribution in [0.25, 0.3) is 6.08 Å². The van der Waals surface area contributed by atoms with E-state index in [-0.39, 0.29) is 11.9 Å². The van der Waals surface area contributed by atoms with Crippen LogP contribution < -0.4 is 11.5 Å². The van der Waals surface area contributed by atoms with Gasteiger partial charge in [0, 0.05) is 25.2 Å². The fraction of sp³-hybridized carbons (Fsp3) is 0.154. The largest absolute Gasteiger partial charge is 0.369 e. The first-order chi connectivity index (χ1) is 9.38. The molecule has 0 aliphatic rings. The van der Waals surface area contributed by atoms with Crippen molar-refractivity contribution in [2.24, 2.45) is 21.5 Å². The average Bonchev–Trinajstić information content (AvgIpc) is 2.37. The summed E-state index contributed by atoms with van der Waals surface area (Å²) in [4.78, 5) is 20.4. The van der Waals surface area contributed by atoms with Crippen molar-refractivity contribution in [3.05, 3.63) is 40.9 Å². The smallest absolute Gasteiger partial charge is 0.272 e. The van der Waals surface area contributed by atoms with E-state index in [1.54, 1.807) is 49.3 Å². The van der Waals surface area contributed by atoms with Crippen molar-refractivity contribution >= 4 is 35.5 Å². The van der Waals surface area contributed by atoms with Crippen LogP contribution in [-0.2, 0) is 4.79 Å². The lowest BCUT2D eigenvalue weighted by Gasteiger charge is -2.09. The van der Waals surface area contributed by atoms with Crippen LogP contribution >= 0.6 is 11.6 Å². The summed E-state index contributed by atoms with van der Waals surface area (Å²) in [5.74, 6) is -0.546. The maximum absolute atomic E-state index is 11.5. The van der Waals surface area contributed by atoms with Crippen LogP contribution in [0.1, 0.15) is 5.56 Å². The third-order valence-electron chi connectivity index (χ3n) is 2.20. The third-order valence-corrected chi connectivity index (χ3v) is 2.45. The molecule has 1 aromatic carbocycles. The molecule has 0 heterocycles. The summed E-state index contributed by atoms with van der Waals surface area (Å²) < 4.78 is 0. The molecule has 7 heteroatoms. The minimum Gasteiger partial charge on any atom is -0.369 e. The Kier molecular flexibility index (Phi) is 5.74. The van der Waals surface area contributed by atoms with E-state index in [4.69, 9.17) is 23.1 Å². The summed E-state index contributed by atoms with van der Waals surface area (Å²) in [6.45, 7) is 0. The van der Waals surface area contributed by atoms with Crippen LogP contribution in [0.2, 0.25) is 5.02 Å². The Bertz CT molecular complexity index is 561. The molecule has 1 aromatic rings. The van der Waals surface area contributed by atoms with Gasteiger partial charge in [-0.3, -0.25) is 4.79 Å². The van der Waals surface area contributed by atoms with Crippen LogP contribution in [0.15, 0.2) is 40.3 Å². The molecule has 6 nitrogen and oxygen atoms in total. The van der Waals surface area contributed by atoms with Gasteiger partial charge in [0.1, 0.15) is 0 Å². The first kappa shape index (κ1) is 15.7. The number of halogens is 1. The highest BCUT2D eigenvalue weighted by Crippen LogP contribution is 2.10. The number of hydrogen-bond donors (Lipinski definition) is 2. The molecule has 0 atom stereocenters. The van der Waals surface area contributed by atoms with E-state index in [1.807, 2.05) is 0 Å². The molecule has 1 rings (SSSR count). The molecule has 0 aliphatic heterocycles. The fourth-order valence-electron chi connectivity index (χ4n) is 1.13. The minimum atomic E-state index is -0.521. The van der Waals surface area contributed by atoms with Gasteiger partial charge < -0.3 is 16.4 Å². The molecule has 0 radical (unpaired) electrons. The van der Waals surface area contributed by atoms with Gasteiger partial charge in [0.05, 0.1) is 0 Å². The molecular weight excluding hydrogens is 278 g/mol. The van der Waals surface area contributed by atoms with Gasteiger partial charge in [0.2, 0.25) is 5.96 Å². The summed E-state index contributed by atoms with van der Waals surface area (Å²) in [5, 5.41) is 0.629. The number of guanidine groups is 2. The predicted octanol–water partition coefficient (Wildman–Crippen LogP) is 1.07. The molecule has 0 spiro atoms. The van der Waals surface area contributed by atoms with Gasteiger partial charge in [-0.1, -0.05) is 23.7 Å². The summed E-state index contributed by atoms with van der Waals surface area (Å²) in [6.07, 6.45) is 2.89. The van der Waals surface area contributed by atoms with Gasteiger partial charge >= 0.3 is 0 Å². The summed E-state index contributed by atoms with van der Waals surface area (Å²) in [6, 6.07) is 7.01. The number of benzene rings is 1. The maximum Gasteiger partial charge on any atom is 0.272 e. The highest BCUT2D eigenvalue weighted by atomic mass is 35.5. The standard InChI is InChI=1S/C13H16ClN5O/c1-19(2)13(16)18-12(15)17-11(20)8-5-9-3-6-10(14)7-4-9/h3-8H,1-2H3,(H4,15,16,17,18,20)/b8-5+. The molecule has 20 heavy (non-hydrogen) atoms. The molecule has 0 bridgehead atoms. The van der Waals surface area contributed by atoms with Crippen molar-refractivity contribution in [2.75, 3.05) is 14.1 Å². The number of rotatable bonds is 2. The quantitative estimate of drug-likeness (QED) is 0.484. The van der Waals surface area contributed by atoms with Crippen molar-refractivity contribution in [2.45, 2.75) is 0 Å². The van der Waals surface area contributed by atoms with Crippen LogP contribution in [0.3, 0.4) is 0 Å². The molecule has 0 aromatic heterocycles. The molecule has 0 aliphatic carbocycles. The molecule has 0 unspecified atom stereocenters. The Labute approximate surface area is 122 Å². The van der Waals surface area contributed by atoms with Gasteiger partial charge in [-0.25, -0.2) is 0 Å². The molecule has 1 amide bonds. The van der Waals surface area contributed by atoms with Crippen molar-refractivity contribution in [1.82, 2.24) is 4.90 Å². The first-order valence-corrected chi connectivity index (χ1v) is 6.09. The van der Waals surface area contributed by atoms with Gasteiger partial charge in [-0.05, 0) is 23.8 Å². The van der Waals surface area contributed by atoms with E-state index in [9.17, 15) is 4.79 Å². The van der Waals surface area contributed by atoms with E-state index >= 15 is 0 Å². The Hall–Kier alpha value is -2.34. The van der Waals surface area contributed by atoms with Crippen LogP contribution in [0.5, 0.6) is 0 Å². The Balaban J connectivity index is 2.72. The fourth-order valence-corrected chi connectivity index (χ4v) is 1.26. The van der Waals surface area contributed by atoms with Crippen molar-refractivity contribution < 1.29 is 4.79 Å². The number of carbonyl (C=O) groups excluding carboxylic acids is 1. The number of aliphatic imine (C=N–C) groups is 2. The lowest BCUT2D eigenvalue weighted by atomic mass is 10.2. The predicted molar refractivity (Wildman–Crippen MR) is 82.4 cm³/mol. The van der Waals surface area contributed by atoms with E-state index in [2.05, 4.69) is 9.98 Å². The Morgan fingerprint density at radius 3 is 2.35 bits per heavy atom. The third kappa shape index (κ3) is 5.53. The lowest BCUT2D eigenvalue weighted by Crippen LogP contribution is -2.32. The van der Waals surface area contributed by atoms with Crippen LogP contribution in [0, 0.1) is 0 Å².